The predicted octanol–water partition coefficient (Wildman–Crippen LogP) is 2.83. The normalized spacial score (nSPS) is 24.6. The molecular formula is C19H25N3O2. The monoisotopic (exact) mass is 327 g/mol. The molecule has 4 rings (SSSR count). The standard InChI is InChI=1S/C19H25N3O2/c23-18(7-6-16-15-22-11-2-1-5-17(22)20-16)21-12-3-8-19(10-13-21)9-4-14-24-19/h1-2,5,11,15H,3-4,6-10,12-14H2. The van der Waals surface area contributed by atoms with Crippen molar-refractivity contribution in [2.75, 3.05) is 19.7 Å². The quantitative estimate of drug-likeness (QED) is 0.871. The zero-order chi connectivity index (χ0) is 16.4. The van der Waals surface area contributed by atoms with Gasteiger partial charge in [-0.15, -0.1) is 0 Å². The maximum atomic E-state index is 12.6. The summed E-state index contributed by atoms with van der Waals surface area (Å²) < 4.78 is 8.01. The smallest absolute Gasteiger partial charge is 0.222 e. The van der Waals surface area contributed by atoms with Crippen LogP contribution in [0.4, 0.5) is 0 Å². The molecule has 1 atom stereocenters. The highest BCUT2D eigenvalue weighted by Crippen LogP contribution is 2.35. The van der Waals surface area contributed by atoms with Crippen molar-refractivity contribution in [3.05, 3.63) is 36.3 Å². The van der Waals surface area contributed by atoms with Gasteiger partial charge in [-0.1, -0.05) is 6.07 Å². The van der Waals surface area contributed by atoms with Gasteiger partial charge in [-0.25, -0.2) is 4.98 Å². The number of carbonyl (C=O) groups is 1. The van der Waals surface area contributed by atoms with Crippen molar-refractivity contribution in [3.63, 3.8) is 0 Å². The summed E-state index contributed by atoms with van der Waals surface area (Å²) in [7, 11) is 0. The van der Waals surface area contributed by atoms with Crippen LogP contribution in [0.25, 0.3) is 5.65 Å². The second-order valence-electron chi connectivity index (χ2n) is 7.07. The molecule has 2 aromatic rings. The van der Waals surface area contributed by atoms with E-state index in [1.54, 1.807) is 0 Å². The molecule has 1 amide bonds. The Balaban J connectivity index is 1.34. The minimum absolute atomic E-state index is 0.0661. The van der Waals surface area contributed by atoms with Crippen molar-refractivity contribution >= 4 is 11.6 Å². The summed E-state index contributed by atoms with van der Waals surface area (Å²) in [5.74, 6) is 0.252. The molecule has 2 fully saturated rings. The third-order valence-electron chi connectivity index (χ3n) is 5.44. The van der Waals surface area contributed by atoms with Crippen LogP contribution in [0.1, 0.15) is 44.2 Å². The molecule has 24 heavy (non-hydrogen) atoms. The topological polar surface area (TPSA) is 46.8 Å². The number of aromatic nitrogens is 2. The zero-order valence-electron chi connectivity index (χ0n) is 14.1. The number of likely N-dealkylation sites (tertiary alicyclic amines) is 1. The highest BCUT2D eigenvalue weighted by atomic mass is 16.5. The van der Waals surface area contributed by atoms with Gasteiger partial charge < -0.3 is 14.0 Å². The first-order valence-corrected chi connectivity index (χ1v) is 9.09. The Morgan fingerprint density at radius 3 is 2.96 bits per heavy atom. The fourth-order valence-corrected chi connectivity index (χ4v) is 4.07. The van der Waals surface area contributed by atoms with Gasteiger partial charge in [-0.05, 0) is 50.7 Å². The fourth-order valence-electron chi connectivity index (χ4n) is 4.07. The highest BCUT2D eigenvalue weighted by molar-refractivity contribution is 5.76. The van der Waals surface area contributed by atoms with Gasteiger partial charge in [0.05, 0.1) is 11.3 Å². The van der Waals surface area contributed by atoms with Gasteiger partial charge in [0.1, 0.15) is 5.65 Å². The van der Waals surface area contributed by atoms with E-state index in [1.807, 2.05) is 39.9 Å². The number of hydrogen-bond acceptors (Lipinski definition) is 3. The lowest BCUT2D eigenvalue weighted by Crippen LogP contribution is -2.34. The summed E-state index contributed by atoms with van der Waals surface area (Å²) in [5.41, 5.74) is 1.99. The predicted molar refractivity (Wildman–Crippen MR) is 91.9 cm³/mol. The van der Waals surface area contributed by atoms with E-state index in [1.165, 1.54) is 6.42 Å². The number of nitrogens with zero attached hydrogens (tertiary/aromatic N) is 3. The Kier molecular flexibility index (Phi) is 4.27. The van der Waals surface area contributed by atoms with Crippen molar-refractivity contribution in [1.82, 2.24) is 14.3 Å². The van der Waals surface area contributed by atoms with Crippen LogP contribution >= 0.6 is 0 Å². The Labute approximate surface area is 142 Å². The Hall–Kier alpha value is -1.88. The van der Waals surface area contributed by atoms with Crippen LogP contribution < -0.4 is 0 Å². The van der Waals surface area contributed by atoms with Gasteiger partial charge in [0.2, 0.25) is 5.91 Å². The number of amides is 1. The number of imidazole rings is 1. The number of carbonyl (C=O) groups excluding carboxylic acids is 1. The highest BCUT2D eigenvalue weighted by Gasteiger charge is 2.37. The molecule has 2 aliphatic heterocycles. The summed E-state index contributed by atoms with van der Waals surface area (Å²) in [5, 5.41) is 0. The van der Waals surface area contributed by atoms with Crippen LogP contribution in [0, 0.1) is 0 Å². The molecular weight excluding hydrogens is 302 g/mol. The molecule has 1 unspecified atom stereocenters. The summed E-state index contributed by atoms with van der Waals surface area (Å²) >= 11 is 0. The Bertz CT molecular complexity index is 685. The molecule has 2 aromatic heterocycles. The number of ether oxygens (including phenoxy) is 1. The van der Waals surface area contributed by atoms with Gasteiger partial charge in [-0.3, -0.25) is 4.79 Å². The van der Waals surface area contributed by atoms with E-state index in [9.17, 15) is 4.79 Å². The third kappa shape index (κ3) is 3.18. The largest absolute Gasteiger partial charge is 0.375 e. The average molecular weight is 327 g/mol. The van der Waals surface area contributed by atoms with Gasteiger partial charge in [-0.2, -0.15) is 0 Å². The SMILES string of the molecule is O=C(CCc1cn2ccccc2n1)N1CCCC2(CCCO2)CC1. The van der Waals surface area contributed by atoms with E-state index in [2.05, 4.69) is 4.98 Å². The molecule has 2 saturated heterocycles. The molecule has 2 aliphatic rings. The van der Waals surface area contributed by atoms with Crippen molar-refractivity contribution in [2.45, 2.75) is 50.5 Å². The van der Waals surface area contributed by atoms with Crippen molar-refractivity contribution < 1.29 is 9.53 Å². The maximum absolute atomic E-state index is 12.6. The van der Waals surface area contributed by atoms with Crippen LogP contribution in [-0.4, -0.2) is 45.5 Å². The van der Waals surface area contributed by atoms with E-state index in [0.717, 1.165) is 56.7 Å². The van der Waals surface area contributed by atoms with E-state index in [0.29, 0.717) is 12.8 Å². The van der Waals surface area contributed by atoms with Crippen LogP contribution in [0.5, 0.6) is 0 Å². The van der Waals surface area contributed by atoms with Gasteiger partial charge in [0.25, 0.3) is 0 Å². The van der Waals surface area contributed by atoms with E-state index in [-0.39, 0.29) is 11.5 Å². The van der Waals surface area contributed by atoms with Crippen LogP contribution in [0.3, 0.4) is 0 Å². The molecule has 0 radical (unpaired) electrons. The van der Waals surface area contributed by atoms with Crippen LogP contribution in [-0.2, 0) is 16.0 Å². The first-order chi connectivity index (χ1) is 11.7. The first-order valence-electron chi connectivity index (χ1n) is 9.09. The molecule has 5 heteroatoms. The maximum Gasteiger partial charge on any atom is 0.222 e. The van der Waals surface area contributed by atoms with Crippen LogP contribution in [0.15, 0.2) is 30.6 Å². The molecule has 128 valence electrons. The number of pyridine rings is 1. The number of hydrogen-bond donors (Lipinski definition) is 0. The van der Waals surface area contributed by atoms with E-state index >= 15 is 0 Å². The van der Waals surface area contributed by atoms with Gasteiger partial charge in [0, 0.05) is 38.5 Å². The van der Waals surface area contributed by atoms with E-state index in [4.69, 9.17) is 4.74 Å². The zero-order valence-corrected chi connectivity index (χ0v) is 14.1. The Morgan fingerprint density at radius 2 is 2.12 bits per heavy atom. The minimum atomic E-state index is 0.0661. The molecule has 4 heterocycles. The summed E-state index contributed by atoms with van der Waals surface area (Å²) in [6, 6.07) is 5.96. The molecule has 1 spiro atoms. The van der Waals surface area contributed by atoms with Gasteiger partial charge >= 0.3 is 0 Å². The molecule has 5 nitrogen and oxygen atoms in total. The van der Waals surface area contributed by atoms with Crippen molar-refractivity contribution in [1.29, 1.82) is 0 Å². The van der Waals surface area contributed by atoms with Crippen molar-refractivity contribution in [2.24, 2.45) is 0 Å². The minimum Gasteiger partial charge on any atom is -0.375 e. The lowest BCUT2D eigenvalue weighted by Gasteiger charge is -2.26. The molecule has 0 aliphatic carbocycles. The fraction of sp³-hybridized carbons (Fsp3) is 0.579. The second kappa shape index (κ2) is 6.55. The summed E-state index contributed by atoms with van der Waals surface area (Å²) in [4.78, 5) is 19.2. The average Bonchev–Trinajstić information content (AvgIpc) is 3.16. The lowest BCUT2D eigenvalue weighted by atomic mass is 9.92. The number of fused-ring (bicyclic) bond motifs is 1. The number of rotatable bonds is 3. The molecule has 0 N–H and O–H groups in total. The molecule has 0 bridgehead atoms. The Morgan fingerprint density at radius 1 is 1.21 bits per heavy atom. The molecule has 0 saturated carbocycles. The molecule has 0 aromatic carbocycles. The summed E-state index contributed by atoms with van der Waals surface area (Å²) in [6.45, 7) is 2.60. The lowest BCUT2D eigenvalue weighted by molar-refractivity contribution is -0.131. The van der Waals surface area contributed by atoms with Crippen molar-refractivity contribution in [3.8, 4) is 0 Å². The van der Waals surface area contributed by atoms with Crippen LogP contribution in [0.2, 0.25) is 0 Å². The number of aryl methyl sites for hydroxylation is 1. The first kappa shape index (κ1) is 15.6. The summed E-state index contributed by atoms with van der Waals surface area (Å²) in [6.07, 6.45) is 10.7. The third-order valence-corrected chi connectivity index (χ3v) is 5.44. The van der Waals surface area contributed by atoms with Gasteiger partial charge in [0.15, 0.2) is 0 Å². The second-order valence-corrected chi connectivity index (χ2v) is 7.07. The van der Waals surface area contributed by atoms with E-state index < -0.39 is 0 Å².